The van der Waals surface area contributed by atoms with Crippen LogP contribution in [-0.2, 0) is 19.6 Å². The van der Waals surface area contributed by atoms with Crippen LogP contribution in [0.2, 0.25) is 0 Å². The van der Waals surface area contributed by atoms with Crippen molar-refractivity contribution in [3.8, 4) is 0 Å². The first-order chi connectivity index (χ1) is 18.2. The van der Waals surface area contributed by atoms with E-state index >= 15 is 0 Å². The van der Waals surface area contributed by atoms with Crippen LogP contribution in [0, 0.1) is 6.92 Å². The summed E-state index contributed by atoms with van der Waals surface area (Å²) in [6, 6.07) is 5.99. The maximum atomic E-state index is 11.8. The van der Waals surface area contributed by atoms with Crippen LogP contribution in [0.25, 0.3) is 0 Å². The van der Waals surface area contributed by atoms with Gasteiger partial charge < -0.3 is 15.2 Å². The number of hydrogen-bond donors (Lipinski definition) is 3. The molecule has 0 bridgehead atoms. The lowest BCUT2D eigenvalue weighted by Crippen LogP contribution is -2.35. The highest BCUT2D eigenvalue weighted by molar-refractivity contribution is 7.85. The predicted octanol–water partition coefficient (Wildman–Crippen LogP) is 7.00. The van der Waals surface area contributed by atoms with Gasteiger partial charge >= 0.3 is 0 Å². The van der Waals surface area contributed by atoms with E-state index < -0.39 is 10.1 Å². The molecule has 7 nitrogen and oxygen atoms in total. The van der Waals surface area contributed by atoms with Crippen LogP contribution in [0.3, 0.4) is 0 Å². The summed E-state index contributed by atoms with van der Waals surface area (Å²) >= 11 is 0. The standard InChI is InChI=1S/C23H47NO3.C7H8O3S/c1-3-5-6-7-8-9-10-11-12-13-14-15-16-17-18-19-23(26)24-20-22(21-25)27-4-2;1-6-2-4-7(5-3-6)11(8,9)10/h22,25H,3-21H2,1-2H3,(H,24,26);2-5H,1H3,(H,8,9,10). The topological polar surface area (TPSA) is 113 Å². The molecule has 0 radical (unpaired) electrons. The number of aliphatic hydroxyl groups excluding tert-OH is 1. The summed E-state index contributed by atoms with van der Waals surface area (Å²) in [5.41, 5.74) is 0.956. The second-order valence-corrected chi connectivity index (χ2v) is 11.5. The molecule has 3 N–H and O–H groups in total. The molecule has 222 valence electrons. The van der Waals surface area contributed by atoms with Gasteiger partial charge in [0.2, 0.25) is 5.91 Å². The van der Waals surface area contributed by atoms with Crippen LogP contribution >= 0.6 is 0 Å². The summed E-state index contributed by atoms with van der Waals surface area (Å²) in [7, 11) is -4.02. The van der Waals surface area contributed by atoms with Gasteiger partial charge in [-0.2, -0.15) is 8.42 Å². The predicted molar refractivity (Wildman–Crippen MR) is 156 cm³/mol. The van der Waals surface area contributed by atoms with Crippen molar-refractivity contribution in [1.82, 2.24) is 5.32 Å². The largest absolute Gasteiger partial charge is 0.394 e. The van der Waals surface area contributed by atoms with Crippen LogP contribution in [0.5, 0.6) is 0 Å². The Balaban J connectivity index is 0.00000103. The number of hydrogen-bond acceptors (Lipinski definition) is 5. The van der Waals surface area contributed by atoms with Crippen LogP contribution in [0.1, 0.15) is 122 Å². The second kappa shape index (κ2) is 24.6. The number of amides is 1. The number of unbranched alkanes of at least 4 members (excludes halogenated alkanes) is 14. The molecule has 0 aliphatic carbocycles. The van der Waals surface area contributed by atoms with E-state index in [9.17, 15) is 13.2 Å². The van der Waals surface area contributed by atoms with E-state index in [2.05, 4.69) is 12.2 Å². The van der Waals surface area contributed by atoms with E-state index in [1.807, 2.05) is 13.8 Å². The van der Waals surface area contributed by atoms with Crippen molar-refractivity contribution < 1.29 is 27.6 Å². The molecule has 0 aliphatic rings. The van der Waals surface area contributed by atoms with Gasteiger partial charge in [0.25, 0.3) is 10.1 Å². The average Bonchev–Trinajstić information content (AvgIpc) is 2.89. The van der Waals surface area contributed by atoms with Gasteiger partial charge in [-0.1, -0.05) is 115 Å². The minimum absolute atomic E-state index is 0.0485. The van der Waals surface area contributed by atoms with E-state index in [1.165, 1.54) is 95.6 Å². The highest BCUT2D eigenvalue weighted by atomic mass is 32.2. The summed E-state index contributed by atoms with van der Waals surface area (Å²) in [5, 5.41) is 12.0. The number of carbonyl (C=O) groups excluding carboxylic acids is 1. The molecule has 0 aliphatic heterocycles. The summed E-state index contributed by atoms with van der Waals surface area (Å²) in [6.45, 7) is 6.92. The Bertz CT molecular complexity index is 782. The Kier molecular flexibility index (Phi) is 23.6. The fourth-order valence-electron chi connectivity index (χ4n) is 4.10. The van der Waals surface area contributed by atoms with E-state index in [0.717, 1.165) is 18.4 Å². The number of benzene rings is 1. The fourth-order valence-corrected chi connectivity index (χ4v) is 4.58. The van der Waals surface area contributed by atoms with E-state index in [0.29, 0.717) is 19.6 Å². The summed E-state index contributed by atoms with van der Waals surface area (Å²) in [4.78, 5) is 11.7. The highest BCUT2D eigenvalue weighted by Crippen LogP contribution is 2.14. The lowest BCUT2D eigenvalue weighted by atomic mass is 10.0. The molecule has 1 atom stereocenters. The van der Waals surface area contributed by atoms with Crippen molar-refractivity contribution in [1.29, 1.82) is 0 Å². The van der Waals surface area contributed by atoms with E-state index in [1.54, 1.807) is 12.1 Å². The number of rotatable bonds is 22. The molecule has 1 aromatic rings. The molecule has 0 spiro atoms. The maximum absolute atomic E-state index is 11.8. The quantitative estimate of drug-likeness (QED) is 0.104. The SMILES string of the molecule is CCCCCCCCCCCCCCCCCC(=O)NCC(CO)OCC.Cc1ccc(S(=O)(=O)O)cc1. The molecule has 0 aromatic heterocycles. The normalized spacial score (nSPS) is 12.0. The van der Waals surface area contributed by atoms with Crippen molar-refractivity contribution in [3.05, 3.63) is 29.8 Å². The Morgan fingerprint density at radius 1 is 0.816 bits per heavy atom. The fraction of sp³-hybridized carbons (Fsp3) is 0.767. The zero-order valence-corrected chi connectivity index (χ0v) is 25.1. The van der Waals surface area contributed by atoms with Crippen molar-refractivity contribution in [3.63, 3.8) is 0 Å². The molecule has 1 rings (SSSR count). The Morgan fingerprint density at radius 3 is 1.66 bits per heavy atom. The van der Waals surface area contributed by atoms with Crippen molar-refractivity contribution >= 4 is 16.0 Å². The first-order valence-corrected chi connectivity index (χ1v) is 16.2. The number of nitrogens with one attached hydrogen (secondary N) is 1. The number of aliphatic hydroxyl groups is 1. The van der Waals surface area contributed by atoms with Crippen LogP contribution in [0.4, 0.5) is 0 Å². The van der Waals surface area contributed by atoms with Crippen molar-refractivity contribution in [2.24, 2.45) is 0 Å². The summed E-state index contributed by atoms with van der Waals surface area (Å²) < 4.78 is 34.9. The zero-order chi connectivity index (χ0) is 28.5. The number of carbonyl (C=O) groups is 1. The minimum Gasteiger partial charge on any atom is -0.394 e. The second-order valence-electron chi connectivity index (χ2n) is 10.1. The van der Waals surface area contributed by atoms with Gasteiger partial charge in [-0.25, -0.2) is 0 Å². The molecule has 0 saturated heterocycles. The molecule has 1 amide bonds. The summed E-state index contributed by atoms with van der Waals surface area (Å²) in [6.07, 6.45) is 20.3. The van der Waals surface area contributed by atoms with Gasteiger partial charge in [0.1, 0.15) is 0 Å². The first-order valence-electron chi connectivity index (χ1n) is 14.8. The van der Waals surface area contributed by atoms with Gasteiger partial charge in [-0.05, 0) is 32.4 Å². The lowest BCUT2D eigenvalue weighted by Gasteiger charge is -2.14. The van der Waals surface area contributed by atoms with Crippen molar-refractivity contribution in [2.75, 3.05) is 19.8 Å². The minimum atomic E-state index is -4.02. The molecule has 1 unspecified atom stereocenters. The smallest absolute Gasteiger partial charge is 0.294 e. The molecule has 0 fully saturated rings. The third-order valence-electron chi connectivity index (χ3n) is 6.46. The Labute approximate surface area is 232 Å². The van der Waals surface area contributed by atoms with Gasteiger partial charge in [0.15, 0.2) is 0 Å². The van der Waals surface area contributed by atoms with Gasteiger partial charge in [-0.3, -0.25) is 9.35 Å². The molecule has 0 saturated carbocycles. The third-order valence-corrected chi connectivity index (χ3v) is 7.33. The monoisotopic (exact) mass is 557 g/mol. The highest BCUT2D eigenvalue weighted by Gasteiger charge is 2.09. The molecule has 38 heavy (non-hydrogen) atoms. The molecule has 0 heterocycles. The molecule has 1 aromatic carbocycles. The average molecular weight is 558 g/mol. The van der Waals surface area contributed by atoms with Gasteiger partial charge in [0, 0.05) is 19.6 Å². The summed E-state index contributed by atoms with van der Waals surface area (Å²) in [5.74, 6) is 0.0721. The maximum Gasteiger partial charge on any atom is 0.294 e. The van der Waals surface area contributed by atoms with Gasteiger partial charge in [-0.15, -0.1) is 0 Å². The number of ether oxygens (including phenoxy) is 1. The molecular weight excluding hydrogens is 502 g/mol. The zero-order valence-electron chi connectivity index (χ0n) is 24.3. The molecular formula is C30H55NO6S. The van der Waals surface area contributed by atoms with Crippen LogP contribution in [-0.4, -0.2) is 49.8 Å². The van der Waals surface area contributed by atoms with Crippen LogP contribution in [0.15, 0.2) is 29.2 Å². The van der Waals surface area contributed by atoms with E-state index in [4.69, 9.17) is 14.4 Å². The Hall–Kier alpha value is -1.48. The van der Waals surface area contributed by atoms with E-state index in [-0.39, 0.29) is 23.5 Å². The Morgan fingerprint density at radius 2 is 1.26 bits per heavy atom. The molecule has 8 heteroatoms. The number of aryl methyl sites for hydroxylation is 1. The van der Waals surface area contributed by atoms with Crippen LogP contribution < -0.4 is 5.32 Å². The first kappa shape index (κ1) is 36.5. The lowest BCUT2D eigenvalue weighted by molar-refractivity contribution is -0.122. The third kappa shape index (κ3) is 22.5. The van der Waals surface area contributed by atoms with Crippen molar-refractivity contribution in [2.45, 2.75) is 135 Å². The van der Waals surface area contributed by atoms with Gasteiger partial charge in [0.05, 0.1) is 17.6 Å².